The smallest absolute Gasteiger partial charge is 0.180 e. The molecule has 0 spiro atoms. The standard InChI is InChI=1S/C11H12N6S/c1-5(12)11-15-7(4-18-11)10-14-6-2-3-8(13)16-9(6)17-10/h2-5H,12H2,1H3,(H3,13,14,16,17). The largest absolute Gasteiger partial charge is 0.384 e. The third-order valence-corrected chi connectivity index (χ3v) is 3.57. The minimum Gasteiger partial charge on any atom is -0.384 e. The number of nitrogen functional groups attached to an aromatic ring is 1. The minimum absolute atomic E-state index is 0.0677. The highest BCUT2D eigenvalue weighted by molar-refractivity contribution is 7.10. The predicted octanol–water partition coefficient (Wildman–Crippen LogP) is 1.68. The quantitative estimate of drug-likeness (QED) is 0.650. The highest BCUT2D eigenvalue weighted by atomic mass is 32.1. The SMILES string of the molecule is CC(N)c1nc(-c2nc3nc(N)ccc3[nH]2)cs1. The van der Waals surface area contributed by atoms with Gasteiger partial charge in [-0.3, -0.25) is 0 Å². The van der Waals surface area contributed by atoms with Crippen molar-refractivity contribution in [1.82, 2.24) is 19.9 Å². The van der Waals surface area contributed by atoms with Crippen molar-refractivity contribution >= 4 is 28.3 Å². The first kappa shape index (κ1) is 11.1. The fraction of sp³-hybridized carbons (Fsp3) is 0.182. The number of pyridine rings is 1. The summed E-state index contributed by atoms with van der Waals surface area (Å²) in [4.78, 5) is 16.1. The van der Waals surface area contributed by atoms with Crippen molar-refractivity contribution in [3.05, 3.63) is 22.5 Å². The summed E-state index contributed by atoms with van der Waals surface area (Å²) in [5, 5.41) is 2.82. The van der Waals surface area contributed by atoms with Crippen LogP contribution >= 0.6 is 11.3 Å². The van der Waals surface area contributed by atoms with Crippen molar-refractivity contribution < 1.29 is 0 Å². The van der Waals surface area contributed by atoms with E-state index in [2.05, 4.69) is 19.9 Å². The molecule has 0 saturated carbocycles. The molecule has 0 fully saturated rings. The van der Waals surface area contributed by atoms with Gasteiger partial charge in [-0.1, -0.05) is 0 Å². The average Bonchev–Trinajstić information content (AvgIpc) is 2.93. The van der Waals surface area contributed by atoms with Gasteiger partial charge in [-0.05, 0) is 19.1 Å². The molecule has 5 N–H and O–H groups in total. The topological polar surface area (TPSA) is 106 Å². The van der Waals surface area contributed by atoms with Crippen molar-refractivity contribution in [1.29, 1.82) is 0 Å². The van der Waals surface area contributed by atoms with Crippen LogP contribution in [-0.2, 0) is 0 Å². The maximum atomic E-state index is 5.79. The van der Waals surface area contributed by atoms with Crippen LogP contribution in [0.3, 0.4) is 0 Å². The van der Waals surface area contributed by atoms with Gasteiger partial charge in [0.05, 0.1) is 11.6 Å². The summed E-state index contributed by atoms with van der Waals surface area (Å²) in [7, 11) is 0. The molecule has 6 nitrogen and oxygen atoms in total. The van der Waals surface area contributed by atoms with E-state index >= 15 is 0 Å². The Labute approximate surface area is 107 Å². The minimum atomic E-state index is -0.0677. The van der Waals surface area contributed by atoms with Crippen molar-refractivity contribution in [2.24, 2.45) is 5.73 Å². The summed E-state index contributed by atoms with van der Waals surface area (Å²) < 4.78 is 0. The second-order valence-corrected chi connectivity index (χ2v) is 4.94. The number of H-pyrrole nitrogens is 1. The number of hydrogen-bond donors (Lipinski definition) is 3. The number of anilines is 1. The molecule has 18 heavy (non-hydrogen) atoms. The number of fused-ring (bicyclic) bond motifs is 1. The number of rotatable bonds is 2. The molecular weight excluding hydrogens is 248 g/mol. The number of aromatic amines is 1. The summed E-state index contributed by atoms with van der Waals surface area (Å²) in [6.07, 6.45) is 0. The molecule has 0 bridgehead atoms. The summed E-state index contributed by atoms with van der Waals surface area (Å²) >= 11 is 1.52. The van der Waals surface area contributed by atoms with Crippen LogP contribution in [-0.4, -0.2) is 19.9 Å². The molecule has 3 aromatic rings. The van der Waals surface area contributed by atoms with Crippen molar-refractivity contribution in [3.63, 3.8) is 0 Å². The van der Waals surface area contributed by atoms with E-state index in [4.69, 9.17) is 11.5 Å². The monoisotopic (exact) mass is 260 g/mol. The fourth-order valence-electron chi connectivity index (χ4n) is 1.63. The van der Waals surface area contributed by atoms with E-state index in [0.29, 0.717) is 17.3 Å². The summed E-state index contributed by atoms with van der Waals surface area (Å²) in [5.41, 5.74) is 13.6. The van der Waals surface area contributed by atoms with Crippen LogP contribution in [0.15, 0.2) is 17.5 Å². The number of aromatic nitrogens is 4. The molecule has 0 aromatic carbocycles. The Hall–Kier alpha value is -1.99. The first-order valence-electron chi connectivity index (χ1n) is 5.47. The lowest BCUT2D eigenvalue weighted by atomic mass is 10.4. The molecule has 7 heteroatoms. The van der Waals surface area contributed by atoms with Crippen LogP contribution in [0, 0.1) is 0 Å². The molecule has 0 aliphatic heterocycles. The van der Waals surface area contributed by atoms with E-state index in [1.54, 1.807) is 6.07 Å². The molecule has 0 radical (unpaired) electrons. The number of thiazole rings is 1. The number of nitrogens with two attached hydrogens (primary N) is 2. The second-order valence-electron chi connectivity index (χ2n) is 4.05. The molecule has 0 saturated heterocycles. The van der Waals surface area contributed by atoms with Gasteiger partial charge < -0.3 is 16.5 Å². The van der Waals surface area contributed by atoms with Crippen molar-refractivity contribution in [2.75, 3.05) is 5.73 Å². The van der Waals surface area contributed by atoms with E-state index in [1.807, 2.05) is 18.4 Å². The molecule has 3 heterocycles. The second kappa shape index (κ2) is 4.04. The summed E-state index contributed by atoms with van der Waals surface area (Å²) in [6.45, 7) is 1.91. The Morgan fingerprint density at radius 2 is 2.11 bits per heavy atom. The van der Waals surface area contributed by atoms with E-state index in [-0.39, 0.29) is 6.04 Å². The van der Waals surface area contributed by atoms with E-state index in [1.165, 1.54) is 11.3 Å². The molecule has 1 atom stereocenters. The summed E-state index contributed by atoms with van der Waals surface area (Å²) in [5.74, 6) is 1.14. The van der Waals surface area contributed by atoms with Gasteiger partial charge >= 0.3 is 0 Å². The Morgan fingerprint density at radius 1 is 1.28 bits per heavy atom. The Balaban J connectivity index is 2.07. The lowest BCUT2D eigenvalue weighted by Gasteiger charge is -1.96. The molecular formula is C11H12N6S. The van der Waals surface area contributed by atoms with Crippen molar-refractivity contribution in [2.45, 2.75) is 13.0 Å². The van der Waals surface area contributed by atoms with Crippen LogP contribution in [0.4, 0.5) is 5.82 Å². The van der Waals surface area contributed by atoms with Gasteiger partial charge in [0.15, 0.2) is 11.5 Å². The molecule has 3 rings (SSSR count). The number of nitrogens with zero attached hydrogens (tertiary/aromatic N) is 3. The average molecular weight is 260 g/mol. The third kappa shape index (κ3) is 1.83. The fourth-order valence-corrected chi connectivity index (χ4v) is 2.40. The van der Waals surface area contributed by atoms with Gasteiger partial charge in [-0.25, -0.2) is 15.0 Å². The van der Waals surface area contributed by atoms with Crippen LogP contribution in [0.25, 0.3) is 22.7 Å². The third-order valence-electron chi connectivity index (χ3n) is 2.52. The van der Waals surface area contributed by atoms with Gasteiger partial charge in [0.1, 0.15) is 16.5 Å². The van der Waals surface area contributed by atoms with Gasteiger partial charge in [0.25, 0.3) is 0 Å². The Bertz CT molecular complexity index is 698. The van der Waals surface area contributed by atoms with E-state index < -0.39 is 0 Å². The first-order valence-corrected chi connectivity index (χ1v) is 6.35. The van der Waals surface area contributed by atoms with Crippen LogP contribution in [0.5, 0.6) is 0 Å². The highest BCUT2D eigenvalue weighted by Crippen LogP contribution is 2.24. The molecule has 1 unspecified atom stereocenters. The number of nitrogens with one attached hydrogen (secondary N) is 1. The van der Waals surface area contributed by atoms with E-state index in [0.717, 1.165) is 16.2 Å². The Morgan fingerprint density at radius 3 is 2.83 bits per heavy atom. The van der Waals surface area contributed by atoms with Gasteiger partial charge in [-0.15, -0.1) is 11.3 Å². The van der Waals surface area contributed by atoms with Gasteiger partial charge in [-0.2, -0.15) is 0 Å². The van der Waals surface area contributed by atoms with Crippen LogP contribution in [0.2, 0.25) is 0 Å². The molecule has 3 aromatic heterocycles. The maximum absolute atomic E-state index is 5.79. The zero-order valence-electron chi connectivity index (χ0n) is 9.71. The first-order chi connectivity index (χ1) is 8.63. The highest BCUT2D eigenvalue weighted by Gasteiger charge is 2.11. The van der Waals surface area contributed by atoms with Gasteiger partial charge in [0, 0.05) is 5.38 Å². The molecule has 0 amide bonds. The predicted molar refractivity (Wildman–Crippen MR) is 72.0 cm³/mol. The molecule has 0 aliphatic rings. The number of hydrogen-bond acceptors (Lipinski definition) is 6. The molecule has 0 aliphatic carbocycles. The van der Waals surface area contributed by atoms with Gasteiger partial charge in [0.2, 0.25) is 0 Å². The van der Waals surface area contributed by atoms with Crippen LogP contribution in [0.1, 0.15) is 18.0 Å². The molecule has 92 valence electrons. The number of imidazole rings is 1. The Kier molecular flexibility index (Phi) is 2.49. The van der Waals surface area contributed by atoms with E-state index in [9.17, 15) is 0 Å². The normalized spacial score (nSPS) is 13.0. The maximum Gasteiger partial charge on any atom is 0.180 e. The summed E-state index contributed by atoms with van der Waals surface area (Å²) in [6, 6.07) is 3.52. The lowest BCUT2D eigenvalue weighted by molar-refractivity contribution is 0.807. The van der Waals surface area contributed by atoms with Crippen LogP contribution < -0.4 is 11.5 Å². The van der Waals surface area contributed by atoms with Crippen molar-refractivity contribution in [3.8, 4) is 11.5 Å². The zero-order chi connectivity index (χ0) is 12.7. The lowest BCUT2D eigenvalue weighted by Crippen LogP contribution is -2.03. The zero-order valence-corrected chi connectivity index (χ0v) is 10.5.